The number of halogens is 2. The van der Waals surface area contributed by atoms with Gasteiger partial charge in [-0.05, 0) is 24.7 Å². The van der Waals surface area contributed by atoms with Gasteiger partial charge in [0.15, 0.2) is 0 Å². The van der Waals surface area contributed by atoms with Crippen LogP contribution in [-0.4, -0.2) is 71.8 Å². The third-order valence-corrected chi connectivity index (χ3v) is 5.46. The van der Waals surface area contributed by atoms with Crippen molar-refractivity contribution in [1.82, 2.24) is 9.80 Å². The quantitative estimate of drug-likeness (QED) is 0.667. The number of likely N-dealkylation sites (N-methyl/N-ethyl adjacent to an activating group) is 1. The minimum atomic E-state index is -1.82. The van der Waals surface area contributed by atoms with E-state index in [-0.39, 0.29) is 6.04 Å². The van der Waals surface area contributed by atoms with E-state index in [1.165, 1.54) is 5.56 Å². The molecule has 1 atom stereocenters. The van der Waals surface area contributed by atoms with Crippen LogP contribution in [0.1, 0.15) is 11.6 Å². The molecule has 0 saturated carbocycles. The van der Waals surface area contributed by atoms with E-state index in [0.717, 1.165) is 26.2 Å². The van der Waals surface area contributed by atoms with Crippen LogP contribution in [0.4, 0.5) is 0 Å². The number of hydrogen-bond acceptors (Lipinski definition) is 5. The lowest BCUT2D eigenvalue weighted by Crippen LogP contribution is -2.47. The number of hydrogen-bond donors (Lipinski definition) is 2. The molecule has 2 aromatic rings. The molecule has 0 aromatic heterocycles. The normalized spacial score (nSPS) is 15.6. The van der Waals surface area contributed by atoms with Crippen molar-refractivity contribution in [2.24, 2.45) is 0 Å². The minimum absolute atomic E-state index is 0.204. The number of aliphatic carboxylic acids is 2. The van der Waals surface area contributed by atoms with Gasteiger partial charge in [-0.1, -0.05) is 59.6 Å². The van der Waals surface area contributed by atoms with Crippen LogP contribution in [0.2, 0.25) is 10.0 Å². The predicted molar refractivity (Wildman–Crippen MR) is 115 cm³/mol. The van der Waals surface area contributed by atoms with Crippen LogP contribution in [0, 0.1) is 0 Å². The van der Waals surface area contributed by atoms with Crippen molar-refractivity contribution in [1.29, 1.82) is 0 Å². The molecular formula is C21H24Cl2N2O5. The maximum Gasteiger partial charge on any atom is 0.414 e. The van der Waals surface area contributed by atoms with Crippen LogP contribution in [-0.2, 0) is 9.59 Å². The molecule has 1 aliphatic rings. The molecule has 1 aliphatic heterocycles. The fourth-order valence-corrected chi connectivity index (χ4v) is 3.33. The summed E-state index contributed by atoms with van der Waals surface area (Å²) >= 11 is 12.3. The average Bonchev–Trinajstić information content (AvgIpc) is 2.73. The molecule has 0 aliphatic carbocycles. The van der Waals surface area contributed by atoms with E-state index in [1.54, 1.807) is 6.07 Å². The van der Waals surface area contributed by atoms with E-state index in [9.17, 15) is 0 Å². The van der Waals surface area contributed by atoms with Gasteiger partial charge in [-0.2, -0.15) is 0 Å². The minimum Gasteiger partial charge on any atom is -0.490 e. The predicted octanol–water partition coefficient (Wildman–Crippen LogP) is 3.52. The second-order valence-corrected chi connectivity index (χ2v) is 7.52. The van der Waals surface area contributed by atoms with Crippen molar-refractivity contribution in [2.75, 3.05) is 39.8 Å². The Morgan fingerprint density at radius 3 is 2.13 bits per heavy atom. The Bertz CT molecular complexity index is 831. The number of carboxylic acid groups (broad SMARTS) is 2. The Morgan fingerprint density at radius 2 is 1.57 bits per heavy atom. The summed E-state index contributed by atoms with van der Waals surface area (Å²) in [5, 5.41) is 15.8. The van der Waals surface area contributed by atoms with Crippen molar-refractivity contribution in [2.45, 2.75) is 6.04 Å². The summed E-state index contributed by atoms with van der Waals surface area (Å²) in [6.07, 6.45) is 0. The SMILES string of the molecule is CN1CCN([C@H](COc2cccc(Cl)c2Cl)c2ccccc2)CC1.O=C(O)C(=O)O. The molecule has 0 spiro atoms. The molecule has 9 heteroatoms. The topological polar surface area (TPSA) is 90.3 Å². The average molecular weight is 455 g/mol. The summed E-state index contributed by atoms with van der Waals surface area (Å²) in [6.45, 7) is 4.75. The number of carboxylic acids is 2. The van der Waals surface area contributed by atoms with Gasteiger partial charge in [0.25, 0.3) is 0 Å². The smallest absolute Gasteiger partial charge is 0.414 e. The van der Waals surface area contributed by atoms with Gasteiger partial charge in [0.2, 0.25) is 0 Å². The van der Waals surface area contributed by atoms with Gasteiger partial charge in [-0.25, -0.2) is 9.59 Å². The molecule has 1 heterocycles. The van der Waals surface area contributed by atoms with E-state index >= 15 is 0 Å². The fourth-order valence-electron chi connectivity index (χ4n) is 2.99. The molecule has 1 fully saturated rings. The molecule has 0 radical (unpaired) electrons. The van der Waals surface area contributed by atoms with E-state index in [0.29, 0.717) is 22.4 Å². The lowest BCUT2D eigenvalue weighted by molar-refractivity contribution is -0.159. The number of rotatable bonds is 5. The van der Waals surface area contributed by atoms with E-state index in [4.69, 9.17) is 47.7 Å². The first-order valence-corrected chi connectivity index (χ1v) is 10.1. The van der Waals surface area contributed by atoms with Crippen LogP contribution in [0.5, 0.6) is 5.75 Å². The number of benzene rings is 2. The largest absolute Gasteiger partial charge is 0.490 e. The first kappa shape index (κ1) is 24.0. The molecule has 2 N–H and O–H groups in total. The molecule has 162 valence electrons. The third-order valence-electron chi connectivity index (χ3n) is 4.66. The standard InChI is InChI=1S/C19H22Cl2N2O.C2H2O4/c1-22-10-12-23(13-11-22)17(15-6-3-2-4-7-15)14-24-18-9-5-8-16(20)19(18)21;3-1(4)2(5)6/h2-9,17H,10-14H2,1H3;(H,3,4)(H,5,6)/t17-;/m1./s1. The zero-order chi connectivity index (χ0) is 22.1. The fraction of sp³-hybridized carbons (Fsp3) is 0.333. The molecule has 0 bridgehead atoms. The van der Waals surface area contributed by atoms with Gasteiger partial charge in [0, 0.05) is 26.2 Å². The van der Waals surface area contributed by atoms with Crippen molar-refractivity contribution < 1.29 is 24.5 Å². The molecule has 0 unspecified atom stereocenters. The third kappa shape index (κ3) is 7.18. The van der Waals surface area contributed by atoms with Gasteiger partial charge in [-0.3, -0.25) is 4.90 Å². The Labute approximate surface area is 185 Å². The van der Waals surface area contributed by atoms with E-state index < -0.39 is 11.9 Å². The maximum atomic E-state index is 9.10. The van der Waals surface area contributed by atoms with E-state index in [1.807, 2.05) is 18.2 Å². The molecule has 0 amide bonds. The van der Waals surface area contributed by atoms with Crippen LogP contribution in [0.15, 0.2) is 48.5 Å². The van der Waals surface area contributed by atoms with Crippen LogP contribution < -0.4 is 4.74 Å². The van der Waals surface area contributed by atoms with Gasteiger partial charge in [0.05, 0.1) is 11.1 Å². The lowest BCUT2D eigenvalue weighted by Gasteiger charge is -2.38. The zero-order valence-electron chi connectivity index (χ0n) is 16.5. The summed E-state index contributed by atoms with van der Waals surface area (Å²) in [5.41, 5.74) is 1.26. The number of carbonyl (C=O) groups is 2. The first-order chi connectivity index (χ1) is 14.3. The Hall–Kier alpha value is -2.32. The summed E-state index contributed by atoms with van der Waals surface area (Å²) in [5.74, 6) is -3.01. The molecule has 2 aromatic carbocycles. The van der Waals surface area contributed by atoms with Crippen molar-refractivity contribution in [3.63, 3.8) is 0 Å². The second-order valence-electron chi connectivity index (χ2n) is 6.74. The highest BCUT2D eigenvalue weighted by atomic mass is 35.5. The van der Waals surface area contributed by atoms with Gasteiger partial charge < -0.3 is 19.8 Å². The van der Waals surface area contributed by atoms with Crippen molar-refractivity contribution in [3.05, 3.63) is 64.1 Å². The summed E-state index contributed by atoms with van der Waals surface area (Å²) in [7, 11) is 2.16. The molecule has 1 saturated heterocycles. The number of nitrogens with zero attached hydrogens (tertiary/aromatic N) is 2. The van der Waals surface area contributed by atoms with E-state index in [2.05, 4.69) is 41.1 Å². The second kappa shape index (κ2) is 11.8. The van der Waals surface area contributed by atoms with Crippen LogP contribution >= 0.6 is 23.2 Å². The lowest BCUT2D eigenvalue weighted by atomic mass is 10.1. The van der Waals surface area contributed by atoms with Crippen LogP contribution in [0.3, 0.4) is 0 Å². The summed E-state index contributed by atoms with van der Waals surface area (Å²) < 4.78 is 6.04. The van der Waals surface area contributed by atoms with Crippen molar-refractivity contribution in [3.8, 4) is 5.75 Å². The monoisotopic (exact) mass is 454 g/mol. The number of piperazine rings is 1. The van der Waals surface area contributed by atoms with Crippen LogP contribution in [0.25, 0.3) is 0 Å². The van der Waals surface area contributed by atoms with Gasteiger partial charge in [-0.15, -0.1) is 0 Å². The Morgan fingerprint density at radius 1 is 0.967 bits per heavy atom. The highest BCUT2D eigenvalue weighted by Crippen LogP contribution is 2.33. The molecule has 30 heavy (non-hydrogen) atoms. The Balaban J connectivity index is 0.000000469. The molecule has 7 nitrogen and oxygen atoms in total. The first-order valence-electron chi connectivity index (χ1n) is 9.30. The molecular weight excluding hydrogens is 431 g/mol. The van der Waals surface area contributed by atoms with Crippen molar-refractivity contribution >= 4 is 35.1 Å². The highest BCUT2D eigenvalue weighted by Gasteiger charge is 2.24. The zero-order valence-corrected chi connectivity index (χ0v) is 18.0. The summed E-state index contributed by atoms with van der Waals surface area (Å²) in [4.78, 5) is 23.0. The van der Waals surface area contributed by atoms with Gasteiger partial charge in [0.1, 0.15) is 17.4 Å². The Kier molecular flexibility index (Phi) is 9.39. The highest BCUT2D eigenvalue weighted by molar-refractivity contribution is 6.42. The summed E-state index contributed by atoms with van der Waals surface area (Å²) in [6, 6.07) is 16.2. The van der Waals surface area contributed by atoms with Gasteiger partial charge >= 0.3 is 11.9 Å². The molecule has 3 rings (SSSR count). The number of ether oxygens (including phenoxy) is 1. The maximum absolute atomic E-state index is 9.10.